The van der Waals surface area contributed by atoms with Crippen LogP contribution in [0, 0.1) is 0 Å². The molecule has 0 N–H and O–H groups in total. The minimum atomic E-state index is -5.13. The Balaban J connectivity index is 2.54. The van der Waals surface area contributed by atoms with Crippen molar-refractivity contribution in [3.8, 4) is 0 Å². The molecule has 0 amide bonds. The quantitative estimate of drug-likeness (QED) is 0.494. The van der Waals surface area contributed by atoms with E-state index < -0.39 is 17.0 Å². The molecule has 0 bridgehead atoms. The third kappa shape index (κ3) is 2.83. The summed E-state index contributed by atoms with van der Waals surface area (Å²) in [5.41, 5.74) is 0. The fraction of sp³-hybridized carbons (Fsp3) is 0.857. The van der Waals surface area contributed by atoms with Crippen molar-refractivity contribution in [3.63, 3.8) is 0 Å². The van der Waals surface area contributed by atoms with Crippen molar-refractivity contribution in [2.75, 3.05) is 13.1 Å². The van der Waals surface area contributed by atoms with Gasteiger partial charge in [0, 0.05) is 17.3 Å². The smallest absolute Gasteiger partial charge is 0.234 e. The van der Waals surface area contributed by atoms with E-state index in [1.165, 1.54) is 0 Å². The number of hydrogen-bond acceptors (Lipinski definition) is 2. The lowest BCUT2D eigenvalue weighted by molar-refractivity contribution is -1.20. The topological polar surface area (TPSA) is 26.3 Å². The molecule has 0 radical (unpaired) electrons. The third-order valence-corrected chi connectivity index (χ3v) is 1.96. The fourth-order valence-electron chi connectivity index (χ4n) is 1.28. The minimum Gasteiger partial charge on any atom is -0.234 e. The predicted octanol–water partition coefficient (Wildman–Crippen LogP) is 1.89. The molecular formula is C7H10F4NO2+. The Hall–Kier alpha value is -0.850. The molecule has 0 aromatic heterocycles. The molecule has 82 valence electrons. The van der Waals surface area contributed by atoms with Gasteiger partial charge in [-0.2, -0.15) is 13.2 Å². The third-order valence-electron chi connectivity index (χ3n) is 1.96. The van der Waals surface area contributed by atoms with E-state index in [1.54, 1.807) is 0 Å². The number of nitrogens with zero attached hydrogens (tertiary/aromatic N) is 1. The maximum atomic E-state index is 13.3. The van der Waals surface area contributed by atoms with Crippen molar-refractivity contribution in [2.24, 2.45) is 0 Å². The van der Waals surface area contributed by atoms with Gasteiger partial charge in [0.1, 0.15) is 0 Å². The molecule has 7 heteroatoms. The zero-order valence-corrected chi connectivity index (χ0v) is 7.31. The summed E-state index contributed by atoms with van der Waals surface area (Å²) in [6.45, 7) is -0.413. The molecule has 0 saturated carbocycles. The molecular weight excluding hydrogens is 206 g/mol. The number of hydroxylamine groups is 2. The van der Waals surface area contributed by atoms with Crippen molar-refractivity contribution in [2.45, 2.75) is 25.4 Å². The highest BCUT2D eigenvalue weighted by Gasteiger charge is 2.49. The van der Waals surface area contributed by atoms with Crippen LogP contribution in [0.15, 0.2) is 0 Å². The van der Waals surface area contributed by atoms with Crippen LogP contribution in [0.5, 0.6) is 0 Å². The summed E-state index contributed by atoms with van der Waals surface area (Å²) < 4.78 is 48.5. The van der Waals surface area contributed by atoms with Gasteiger partial charge in [0.25, 0.3) is 0 Å². The zero-order chi connectivity index (χ0) is 10.8. The average Bonchev–Trinajstić information content (AvgIpc) is 2.02. The maximum absolute atomic E-state index is 13.3. The Labute approximate surface area is 77.7 Å². The van der Waals surface area contributed by atoms with Crippen LogP contribution in [0.1, 0.15) is 19.3 Å². The summed E-state index contributed by atoms with van der Waals surface area (Å²) in [7, 11) is 0. The van der Waals surface area contributed by atoms with Gasteiger partial charge in [-0.05, 0) is 6.42 Å². The van der Waals surface area contributed by atoms with Gasteiger partial charge in [0.05, 0.1) is 4.87 Å². The Morgan fingerprint density at radius 2 is 1.64 bits per heavy atom. The Morgan fingerprint density at radius 1 is 1.14 bits per heavy atom. The number of carbonyl (C=O) groups excluding carboxylic acids is 1. The van der Waals surface area contributed by atoms with Gasteiger partial charge in [-0.3, -0.25) is 0 Å². The van der Waals surface area contributed by atoms with Crippen molar-refractivity contribution in [3.05, 3.63) is 0 Å². The highest BCUT2D eigenvalue weighted by atomic mass is 19.4. The monoisotopic (exact) mass is 216 g/mol. The summed E-state index contributed by atoms with van der Waals surface area (Å²) in [4.78, 5) is 12.3. The first kappa shape index (κ1) is 11.2. The molecule has 14 heavy (non-hydrogen) atoms. The van der Waals surface area contributed by atoms with Crippen molar-refractivity contribution < 1.29 is 32.2 Å². The van der Waals surface area contributed by atoms with Gasteiger partial charge < -0.3 is 0 Å². The number of piperidine rings is 1. The number of halogens is 4. The normalized spacial score (nSPS) is 21.7. The van der Waals surface area contributed by atoms with E-state index in [2.05, 4.69) is 4.84 Å². The molecule has 0 aromatic carbocycles. The van der Waals surface area contributed by atoms with Crippen LogP contribution in [0.2, 0.25) is 0 Å². The van der Waals surface area contributed by atoms with E-state index in [9.17, 15) is 22.4 Å². The van der Waals surface area contributed by atoms with Gasteiger partial charge in [-0.15, -0.1) is 0 Å². The first-order chi connectivity index (χ1) is 6.33. The second kappa shape index (κ2) is 3.72. The second-order valence-electron chi connectivity index (χ2n) is 3.17. The summed E-state index contributed by atoms with van der Waals surface area (Å²) in [6.07, 6.45) is -3.55. The molecule has 0 atom stereocenters. The fourth-order valence-corrected chi connectivity index (χ4v) is 1.28. The molecule has 1 saturated heterocycles. The SMILES string of the molecule is O=C(O[N+]1(F)CCCCC1)C(F)(F)F. The van der Waals surface area contributed by atoms with Crippen LogP contribution < -0.4 is 0 Å². The van der Waals surface area contributed by atoms with Gasteiger partial charge in [0.15, 0.2) is 13.1 Å². The lowest BCUT2D eigenvalue weighted by Crippen LogP contribution is -2.48. The number of carbonyl (C=O) groups is 1. The Morgan fingerprint density at radius 3 is 2.07 bits per heavy atom. The molecule has 1 aliphatic heterocycles. The van der Waals surface area contributed by atoms with Crippen LogP contribution in [0.4, 0.5) is 17.7 Å². The van der Waals surface area contributed by atoms with E-state index in [0.29, 0.717) is 12.8 Å². The van der Waals surface area contributed by atoms with Crippen molar-refractivity contribution in [1.82, 2.24) is 0 Å². The van der Waals surface area contributed by atoms with Crippen LogP contribution in [0.25, 0.3) is 0 Å². The van der Waals surface area contributed by atoms with Gasteiger partial charge >= 0.3 is 12.1 Å². The molecule has 0 unspecified atom stereocenters. The lowest BCUT2D eigenvalue weighted by atomic mass is 10.2. The van der Waals surface area contributed by atoms with E-state index in [1.807, 2.05) is 0 Å². The van der Waals surface area contributed by atoms with Crippen LogP contribution >= 0.6 is 0 Å². The molecule has 0 aliphatic carbocycles. The largest absolute Gasteiger partial charge is 0.497 e. The van der Waals surface area contributed by atoms with E-state index in [-0.39, 0.29) is 13.1 Å². The van der Waals surface area contributed by atoms with Crippen LogP contribution in [0.3, 0.4) is 0 Å². The standard InChI is InChI=1S/C7H10F4NO2/c8-7(9,10)6(13)14-12(11)4-2-1-3-5-12/h1-5H2/q+1. The molecule has 1 aliphatic rings. The van der Waals surface area contributed by atoms with Gasteiger partial charge in [-0.25, -0.2) is 9.63 Å². The van der Waals surface area contributed by atoms with Crippen molar-refractivity contribution >= 4 is 5.97 Å². The molecule has 0 spiro atoms. The second-order valence-corrected chi connectivity index (χ2v) is 3.17. The number of rotatable bonds is 1. The summed E-state index contributed by atoms with van der Waals surface area (Å²) in [5.74, 6) is -2.47. The number of hydrogen-bond donors (Lipinski definition) is 0. The Kier molecular flexibility index (Phi) is 2.98. The minimum absolute atomic E-state index is 0.207. The highest BCUT2D eigenvalue weighted by Crippen LogP contribution is 2.25. The predicted molar refractivity (Wildman–Crippen MR) is 37.1 cm³/mol. The molecule has 0 aromatic rings. The zero-order valence-electron chi connectivity index (χ0n) is 7.31. The summed E-state index contributed by atoms with van der Waals surface area (Å²) in [5, 5.41) is 0. The average molecular weight is 216 g/mol. The van der Waals surface area contributed by atoms with Crippen LogP contribution in [-0.4, -0.2) is 30.1 Å². The first-order valence-electron chi connectivity index (χ1n) is 4.21. The maximum Gasteiger partial charge on any atom is 0.497 e. The molecule has 1 rings (SSSR count). The summed E-state index contributed by atoms with van der Waals surface area (Å²) >= 11 is 0. The molecule has 3 nitrogen and oxygen atoms in total. The first-order valence-corrected chi connectivity index (χ1v) is 4.21. The summed E-state index contributed by atoms with van der Waals surface area (Å²) in [6, 6.07) is 0. The Bertz CT molecular complexity index is 222. The van der Waals surface area contributed by atoms with Gasteiger partial charge in [0.2, 0.25) is 0 Å². The number of alkyl halides is 3. The molecule has 1 heterocycles. The van der Waals surface area contributed by atoms with Crippen molar-refractivity contribution in [1.29, 1.82) is 0 Å². The number of quaternary nitrogens is 1. The molecule has 1 fully saturated rings. The van der Waals surface area contributed by atoms with E-state index >= 15 is 0 Å². The van der Waals surface area contributed by atoms with Crippen LogP contribution in [-0.2, 0) is 9.63 Å². The van der Waals surface area contributed by atoms with Gasteiger partial charge in [-0.1, -0.05) is 0 Å². The van der Waals surface area contributed by atoms with E-state index in [0.717, 1.165) is 6.42 Å². The highest BCUT2D eigenvalue weighted by molar-refractivity contribution is 5.74. The van der Waals surface area contributed by atoms with E-state index in [4.69, 9.17) is 0 Å². The lowest BCUT2D eigenvalue weighted by Gasteiger charge is -2.26.